The lowest BCUT2D eigenvalue weighted by atomic mass is 9.84. The Hall–Kier alpha value is -1.65. The van der Waals surface area contributed by atoms with Crippen molar-refractivity contribution in [2.45, 2.75) is 89.2 Å². The minimum Gasteiger partial charge on any atom is -0.466 e. The maximum absolute atomic E-state index is 13.0. The Labute approximate surface area is 213 Å². The number of halogens is 2. The van der Waals surface area contributed by atoms with Crippen molar-refractivity contribution in [3.63, 3.8) is 0 Å². The van der Waals surface area contributed by atoms with Crippen molar-refractivity contribution in [3.8, 4) is 5.19 Å². The quantitative estimate of drug-likeness (QED) is 0.538. The largest absolute Gasteiger partial charge is 0.466 e. The van der Waals surface area contributed by atoms with E-state index in [1.165, 1.54) is 35.5 Å². The van der Waals surface area contributed by atoms with E-state index < -0.39 is 5.92 Å². The molecule has 0 radical (unpaired) electrons. The van der Waals surface area contributed by atoms with Gasteiger partial charge in [0.05, 0.1) is 17.1 Å². The summed E-state index contributed by atoms with van der Waals surface area (Å²) in [4.78, 5) is 26.0. The minimum absolute atomic E-state index is 0.113. The molecular formula is C25H34F2N4O2S2. The highest BCUT2D eigenvalue weighted by Crippen LogP contribution is 2.41. The Balaban J connectivity index is 0.987. The van der Waals surface area contributed by atoms with Gasteiger partial charge in [-0.3, -0.25) is 4.79 Å². The molecule has 1 amide bonds. The summed E-state index contributed by atoms with van der Waals surface area (Å²) in [7, 11) is 0. The van der Waals surface area contributed by atoms with Crippen molar-refractivity contribution >= 4 is 28.6 Å². The van der Waals surface area contributed by atoms with Crippen LogP contribution >= 0.6 is 22.7 Å². The van der Waals surface area contributed by atoms with E-state index in [1.807, 2.05) is 6.92 Å². The van der Waals surface area contributed by atoms with Gasteiger partial charge < -0.3 is 15.0 Å². The summed E-state index contributed by atoms with van der Waals surface area (Å²) in [5.41, 5.74) is 1.09. The highest BCUT2D eigenvalue weighted by atomic mass is 32.1. The molecule has 2 aromatic heterocycles. The van der Waals surface area contributed by atoms with E-state index in [4.69, 9.17) is 4.74 Å². The molecule has 0 saturated heterocycles. The van der Waals surface area contributed by atoms with E-state index in [2.05, 4.69) is 20.2 Å². The van der Waals surface area contributed by atoms with Gasteiger partial charge >= 0.3 is 0 Å². The van der Waals surface area contributed by atoms with Gasteiger partial charge in [0.2, 0.25) is 5.91 Å². The van der Waals surface area contributed by atoms with Crippen LogP contribution in [-0.4, -0.2) is 58.5 Å². The molecule has 1 aliphatic heterocycles. The molecule has 192 valence electrons. The number of carbonyl (C=O) groups excluding carboxylic acids is 1. The van der Waals surface area contributed by atoms with Gasteiger partial charge in [-0.2, -0.15) is 0 Å². The molecule has 0 unspecified atom stereocenters. The van der Waals surface area contributed by atoms with E-state index in [-0.39, 0.29) is 24.9 Å². The van der Waals surface area contributed by atoms with Gasteiger partial charge in [0, 0.05) is 54.3 Å². The van der Waals surface area contributed by atoms with Crippen LogP contribution in [0.15, 0.2) is 6.20 Å². The maximum atomic E-state index is 13.0. The van der Waals surface area contributed by atoms with Crippen molar-refractivity contribution in [2.75, 3.05) is 19.6 Å². The van der Waals surface area contributed by atoms with Crippen LogP contribution in [-0.2, 0) is 24.1 Å². The lowest BCUT2D eigenvalue weighted by Crippen LogP contribution is -2.43. The van der Waals surface area contributed by atoms with Crippen LogP contribution in [0.4, 0.5) is 8.78 Å². The van der Waals surface area contributed by atoms with Gasteiger partial charge in [-0.1, -0.05) is 11.3 Å². The molecular weight excluding hydrogens is 490 g/mol. The number of alkyl halides is 2. The average molecular weight is 525 g/mol. The zero-order chi connectivity index (χ0) is 24.4. The summed E-state index contributed by atoms with van der Waals surface area (Å²) >= 11 is 3.13. The third-order valence-corrected chi connectivity index (χ3v) is 9.43. The topological polar surface area (TPSA) is 67.4 Å². The molecule has 3 aliphatic rings. The number of thiazole rings is 2. The van der Waals surface area contributed by atoms with Crippen molar-refractivity contribution in [2.24, 2.45) is 5.92 Å². The zero-order valence-electron chi connectivity index (χ0n) is 20.2. The molecule has 0 atom stereocenters. The first kappa shape index (κ1) is 25.0. The Bertz CT molecular complexity index is 986. The fourth-order valence-corrected chi connectivity index (χ4v) is 7.18. The van der Waals surface area contributed by atoms with Crippen LogP contribution in [0.25, 0.3) is 0 Å². The second-order valence-electron chi connectivity index (χ2n) is 10.3. The molecule has 2 fully saturated rings. The molecule has 0 aromatic carbocycles. The highest BCUT2D eigenvalue weighted by Gasteiger charge is 2.47. The second-order valence-corrected chi connectivity index (χ2v) is 12.7. The third-order valence-electron chi connectivity index (χ3n) is 7.47. The second kappa shape index (κ2) is 10.8. The molecule has 2 saturated carbocycles. The van der Waals surface area contributed by atoms with E-state index in [9.17, 15) is 13.6 Å². The molecule has 5 rings (SSSR count). The first-order valence-electron chi connectivity index (χ1n) is 12.8. The normalized spacial score (nSPS) is 24.9. The van der Waals surface area contributed by atoms with E-state index >= 15 is 0 Å². The number of hydrogen-bond acceptors (Lipinski definition) is 7. The molecule has 0 spiro atoms. The number of fused-ring (bicyclic) bond motifs is 1. The van der Waals surface area contributed by atoms with Crippen molar-refractivity contribution in [3.05, 3.63) is 26.7 Å². The number of nitrogens with one attached hydrogen (secondary N) is 1. The Kier molecular flexibility index (Phi) is 7.69. The van der Waals surface area contributed by atoms with E-state index in [0.717, 1.165) is 66.8 Å². The number of amides is 1. The molecule has 3 heterocycles. The fraction of sp³-hybridized carbons (Fsp3) is 0.720. The van der Waals surface area contributed by atoms with Crippen molar-refractivity contribution in [1.29, 1.82) is 0 Å². The summed E-state index contributed by atoms with van der Waals surface area (Å²) in [5, 5.41) is 4.79. The van der Waals surface area contributed by atoms with Crippen LogP contribution in [0.2, 0.25) is 0 Å². The molecule has 2 aromatic rings. The van der Waals surface area contributed by atoms with E-state index in [1.54, 1.807) is 17.5 Å². The van der Waals surface area contributed by atoms with Crippen molar-refractivity contribution in [1.82, 2.24) is 20.2 Å². The lowest BCUT2D eigenvalue weighted by molar-refractivity contribution is -0.134. The molecule has 10 heteroatoms. The van der Waals surface area contributed by atoms with Gasteiger partial charge in [-0.25, -0.2) is 18.7 Å². The summed E-state index contributed by atoms with van der Waals surface area (Å²) in [6, 6.07) is 0.301. The summed E-state index contributed by atoms with van der Waals surface area (Å²) in [6.07, 6.45) is 9.01. The molecule has 1 N–H and O–H groups in total. The van der Waals surface area contributed by atoms with Gasteiger partial charge in [0.25, 0.3) is 11.1 Å². The number of carbonyl (C=O) groups is 1. The Morgan fingerprint density at radius 1 is 1.20 bits per heavy atom. The van der Waals surface area contributed by atoms with Crippen LogP contribution in [0, 0.1) is 12.8 Å². The fourth-order valence-electron chi connectivity index (χ4n) is 5.38. The predicted molar refractivity (Wildman–Crippen MR) is 134 cm³/mol. The number of nitrogens with zero attached hydrogens (tertiary/aromatic N) is 3. The third kappa shape index (κ3) is 6.77. The first-order chi connectivity index (χ1) is 16.8. The minimum atomic E-state index is -2.56. The summed E-state index contributed by atoms with van der Waals surface area (Å²) in [5.74, 6) is -1.72. The SMILES string of the molecule is Cc1ncc(CC(=O)N[C@H]2CC[C@H](CCN3CCc4nc(OC5CC(F)(F)C5)sc4CC3)CC2)s1. The van der Waals surface area contributed by atoms with Gasteiger partial charge in [-0.05, 0) is 57.9 Å². The summed E-state index contributed by atoms with van der Waals surface area (Å²) in [6.45, 7) is 5.06. The monoisotopic (exact) mass is 524 g/mol. The van der Waals surface area contributed by atoms with Crippen LogP contribution in [0.1, 0.15) is 65.4 Å². The Morgan fingerprint density at radius 2 is 1.97 bits per heavy atom. The average Bonchev–Trinajstić information content (AvgIpc) is 3.32. The van der Waals surface area contributed by atoms with Gasteiger partial charge in [-0.15, -0.1) is 11.3 Å². The maximum Gasteiger partial charge on any atom is 0.273 e. The molecule has 2 aliphatic carbocycles. The zero-order valence-corrected chi connectivity index (χ0v) is 21.9. The molecule has 6 nitrogen and oxygen atoms in total. The molecule has 0 bridgehead atoms. The first-order valence-corrected chi connectivity index (χ1v) is 14.4. The van der Waals surface area contributed by atoms with Crippen LogP contribution in [0.3, 0.4) is 0 Å². The van der Waals surface area contributed by atoms with Gasteiger partial charge in [0.15, 0.2) is 0 Å². The Morgan fingerprint density at radius 3 is 2.69 bits per heavy atom. The van der Waals surface area contributed by atoms with E-state index in [0.29, 0.717) is 17.7 Å². The summed E-state index contributed by atoms with van der Waals surface area (Å²) < 4.78 is 31.8. The predicted octanol–water partition coefficient (Wildman–Crippen LogP) is 4.79. The number of hydrogen-bond donors (Lipinski definition) is 1. The van der Waals surface area contributed by atoms with Crippen LogP contribution in [0.5, 0.6) is 5.19 Å². The van der Waals surface area contributed by atoms with Crippen molar-refractivity contribution < 1.29 is 18.3 Å². The standard InChI is InChI=1S/C25H34F2N4O2S2/c1-16-28-15-20(34-16)12-23(32)29-18-4-2-17(3-5-18)6-9-31-10-7-21-22(8-11-31)35-24(30-21)33-19-13-25(26,27)14-19/h15,17-19H,2-14H2,1H3,(H,29,32)/t17-,18-. The lowest BCUT2D eigenvalue weighted by Gasteiger charge is -2.33. The molecule has 35 heavy (non-hydrogen) atoms. The number of aromatic nitrogens is 2. The number of ether oxygens (including phenoxy) is 1. The van der Waals surface area contributed by atoms with Gasteiger partial charge in [0.1, 0.15) is 6.10 Å². The van der Waals surface area contributed by atoms with Crippen LogP contribution < -0.4 is 10.1 Å². The smallest absolute Gasteiger partial charge is 0.273 e. The number of rotatable bonds is 8. The highest BCUT2D eigenvalue weighted by molar-refractivity contribution is 7.13. The number of aryl methyl sites for hydroxylation is 1.